The lowest BCUT2D eigenvalue weighted by Crippen LogP contribution is -2.41. The molecule has 138 valence electrons. The molecule has 0 unspecified atom stereocenters. The van der Waals surface area contributed by atoms with Crippen LogP contribution in [0.4, 0.5) is 4.39 Å². The Morgan fingerprint density at radius 3 is 2.65 bits per heavy atom. The number of aromatic hydroxyl groups is 1. The highest BCUT2D eigenvalue weighted by Crippen LogP contribution is 2.42. The molecule has 2 aromatic heterocycles. The monoisotopic (exact) mass is 374 g/mol. The fourth-order valence-corrected chi connectivity index (χ4v) is 5.32. The Morgan fingerprint density at radius 1 is 1.27 bits per heavy atom. The Kier molecular flexibility index (Phi) is 4.44. The summed E-state index contributed by atoms with van der Waals surface area (Å²) in [6, 6.07) is 6.47. The van der Waals surface area contributed by atoms with Crippen LogP contribution in [0.15, 0.2) is 24.3 Å². The molecule has 3 atom stereocenters. The van der Waals surface area contributed by atoms with Crippen molar-refractivity contribution in [1.82, 2.24) is 19.5 Å². The molecule has 3 aromatic rings. The fourth-order valence-electron chi connectivity index (χ4n) is 4.15. The third kappa shape index (κ3) is 3.10. The van der Waals surface area contributed by atoms with Crippen molar-refractivity contribution >= 4 is 16.3 Å². The van der Waals surface area contributed by atoms with Gasteiger partial charge in [-0.15, -0.1) is 5.10 Å². The number of piperidine rings is 1. The maximum atomic E-state index is 14.0. The van der Waals surface area contributed by atoms with E-state index in [-0.39, 0.29) is 17.7 Å². The zero-order valence-corrected chi connectivity index (χ0v) is 16.0. The van der Waals surface area contributed by atoms with Crippen molar-refractivity contribution < 1.29 is 9.50 Å². The molecule has 26 heavy (non-hydrogen) atoms. The first-order valence-corrected chi connectivity index (χ1v) is 9.78. The van der Waals surface area contributed by atoms with Crippen LogP contribution in [0.1, 0.15) is 42.6 Å². The van der Waals surface area contributed by atoms with Gasteiger partial charge in [0.15, 0.2) is 0 Å². The van der Waals surface area contributed by atoms with Crippen molar-refractivity contribution in [2.24, 2.45) is 11.8 Å². The molecule has 5 nitrogen and oxygen atoms in total. The molecule has 1 fully saturated rings. The lowest BCUT2D eigenvalue weighted by atomic mass is 9.89. The second kappa shape index (κ2) is 6.63. The van der Waals surface area contributed by atoms with Crippen molar-refractivity contribution in [2.45, 2.75) is 33.2 Å². The Morgan fingerprint density at radius 2 is 2.00 bits per heavy atom. The maximum Gasteiger partial charge on any atom is 0.230 e. The topological polar surface area (TPSA) is 53.7 Å². The lowest BCUT2D eigenvalue weighted by molar-refractivity contribution is 0.111. The van der Waals surface area contributed by atoms with Crippen LogP contribution in [0.3, 0.4) is 0 Å². The minimum atomic E-state index is -0.264. The number of nitrogens with zero attached hydrogens (tertiary/aromatic N) is 4. The van der Waals surface area contributed by atoms with Gasteiger partial charge in [-0.05, 0) is 42.9 Å². The molecular formula is C19H23FN4OS. The molecular weight excluding hydrogens is 351 g/mol. The van der Waals surface area contributed by atoms with Crippen molar-refractivity contribution in [2.75, 3.05) is 13.1 Å². The molecule has 0 amide bonds. The predicted molar refractivity (Wildman–Crippen MR) is 100 cm³/mol. The molecule has 0 aliphatic carbocycles. The van der Waals surface area contributed by atoms with Crippen molar-refractivity contribution in [3.05, 3.63) is 46.3 Å². The molecule has 1 aliphatic rings. The zero-order valence-electron chi connectivity index (χ0n) is 15.2. The van der Waals surface area contributed by atoms with Crippen molar-refractivity contribution in [1.29, 1.82) is 0 Å². The number of hydrogen-bond acceptors (Lipinski definition) is 5. The summed E-state index contributed by atoms with van der Waals surface area (Å²) >= 11 is 1.42. The number of aromatic nitrogens is 3. The third-order valence-electron chi connectivity index (χ3n) is 4.98. The van der Waals surface area contributed by atoms with Gasteiger partial charge in [-0.25, -0.2) is 9.37 Å². The quantitative estimate of drug-likeness (QED) is 0.753. The molecule has 0 spiro atoms. The highest BCUT2D eigenvalue weighted by atomic mass is 32.1. The number of aryl methyl sites for hydroxylation is 1. The minimum Gasteiger partial charge on any atom is -0.492 e. The smallest absolute Gasteiger partial charge is 0.230 e. The van der Waals surface area contributed by atoms with E-state index < -0.39 is 0 Å². The Bertz CT molecular complexity index is 927. The number of fused-ring (bicyclic) bond motifs is 1. The first-order chi connectivity index (χ1) is 12.4. The van der Waals surface area contributed by atoms with E-state index in [9.17, 15) is 9.50 Å². The van der Waals surface area contributed by atoms with Crippen LogP contribution >= 0.6 is 11.3 Å². The van der Waals surface area contributed by atoms with Gasteiger partial charge in [0.2, 0.25) is 10.8 Å². The van der Waals surface area contributed by atoms with E-state index in [0.717, 1.165) is 23.5 Å². The molecule has 7 heteroatoms. The zero-order chi connectivity index (χ0) is 18.4. The number of hydrogen-bond donors (Lipinski definition) is 1. The predicted octanol–water partition coefficient (Wildman–Crippen LogP) is 4.01. The van der Waals surface area contributed by atoms with Crippen LogP contribution in [-0.4, -0.2) is 37.7 Å². The van der Waals surface area contributed by atoms with Crippen LogP contribution in [0, 0.1) is 24.6 Å². The fraction of sp³-hybridized carbons (Fsp3) is 0.474. The first-order valence-electron chi connectivity index (χ1n) is 8.97. The highest BCUT2D eigenvalue weighted by Gasteiger charge is 2.33. The van der Waals surface area contributed by atoms with Gasteiger partial charge >= 0.3 is 0 Å². The summed E-state index contributed by atoms with van der Waals surface area (Å²) in [4.78, 5) is 8.17. The standard InChI is InChI=1S/C19H23FN4OS/c1-11-7-12(2)10-23(9-11)16(14-5-4-6-15(20)8-14)17-18(25)24-19(26-17)21-13(3)22-24/h4-6,8,11-12,16,25H,7,9-10H2,1-3H3/t11-,12-,16+/m1/s1. The lowest BCUT2D eigenvalue weighted by Gasteiger charge is -2.40. The summed E-state index contributed by atoms with van der Waals surface area (Å²) in [7, 11) is 0. The first kappa shape index (κ1) is 17.4. The summed E-state index contributed by atoms with van der Waals surface area (Å²) in [5.41, 5.74) is 0.850. The van der Waals surface area contributed by atoms with E-state index in [1.807, 2.05) is 6.07 Å². The van der Waals surface area contributed by atoms with Crippen LogP contribution in [0.5, 0.6) is 5.88 Å². The van der Waals surface area contributed by atoms with Crippen LogP contribution < -0.4 is 0 Å². The SMILES string of the molecule is Cc1nc2sc([C@H](c3cccc(F)c3)N3C[C@H](C)C[C@@H](C)C3)c(O)n2n1. The minimum absolute atomic E-state index is 0.103. The number of thiazole rings is 1. The summed E-state index contributed by atoms with van der Waals surface area (Å²) in [5, 5.41) is 15.1. The molecule has 1 saturated heterocycles. The molecule has 4 rings (SSSR count). The maximum absolute atomic E-state index is 14.0. The molecule has 0 radical (unpaired) electrons. The summed E-state index contributed by atoms with van der Waals surface area (Å²) in [6.45, 7) is 8.13. The van der Waals surface area contributed by atoms with E-state index in [1.165, 1.54) is 28.3 Å². The van der Waals surface area contributed by atoms with Gasteiger partial charge in [-0.3, -0.25) is 4.90 Å². The molecule has 1 aliphatic heterocycles. The second-order valence-corrected chi connectivity index (χ2v) is 8.51. The van der Waals surface area contributed by atoms with Crippen LogP contribution in [-0.2, 0) is 0 Å². The van der Waals surface area contributed by atoms with Gasteiger partial charge in [0, 0.05) is 13.1 Å². The number of likely N-dealkylation sites (tertiary alicyclic amines) is 1. The van der Waals surface area contributed by atoms with Gasteiger partial charge in [-0.2, -0.15) is 4.52 Å². The van der Waals surface area contributed by atoms with Gasteiger partial charge < -0.3 is 5.11 Å². The van der Waals surface area contributed by atoms with Crippen LogP contribution in [0.25, 0.3) is 4.96 Å². The van der Waals surface area contributed by atoms with E-state index >= 15 is 0 Å². The summed E-state index contributed by atoms with van der Waals surface area (Å²) in [5.74, 6) is 1.58. The van der Waals surface area contributed by atoms with E-state index in [2.05, 4.69) is 28.8 Å². The van der Waals surface area contributed by atoms with Gasteiger partial charge in [0.1, 0.15) is 11.6 Å². The van der Waals surface area contributed by atoms with Gasteiger partial charge in [0.25, 0.3) is 0 Å². The number of benzene rings is 1. The van der Waals surface area contributed by atoms with Crippen molar-refractivity contribution in [3.63, 3.8) is 0 Å². The molecule has 1 N–H and O–H groups in total. The normalized spacial score (nSPS) is 22.8. The highest BCUT2D eigenvalue weighted by molar-refractivity contribution is 7.17. The second-order valence-electron chi connectivity index (χ2n) is 7.50. The molecule has 3 heterocycles. The largest absolute Gasteiger partial charge is 0.492 e. The van der Waals surface area contributed by atoms with E-state index in [0.29, 0.717) is 22.6 Å². The Hall–Kier alpha value is -1.99. The average Bonchev–Trinajstić information content (AvgIpc) is 3.05. The van der Waals surface area contributed by atoms with E-state index in [1.54, 1.807) is 19.1 Å². The van der Waals surface area contributed by atoms with Crippen molar-refractivity contribution in [3.8, 4) is 5.88 Å². The molecule has 1 aromatic carbocycles. The summed E-state index contributed by atoms with van der Waals surface area (Å²) < 4.78 is 15.4. The Balaban J connectivity index is 1.84. The van der Waals surface area contributed by atoms with Gasteiger partial charge in [-0.1, -0.05) is 37.3 Å². The molecule has 0 bridgehead atoms. The Labute approximate surface area is 156 Å². The summed E-state index contributed by atoms with van der Waals surface area (Å²) in [6.07, 6.45) is 1.19. The average molecular weight is 374 g/mol. The van der Waals surface area contributed by atoms with Crippen LogP contribution in [0.2, 0.25) is 0 Å². The number of halogens is 1. The number of rotatable bonds is 3. The molecule has 0 saturated carbocycles. The van der Waals surface area contributed by atoms with Gasteiger partial charge in [0.05, 0.1) is 10.9 Å². The van der Waals surface area contributed by atoms with E-state index in [4.69, 9.17) is 0 Å². The third-order valence-corrected chi connectivity index (χ3v) is 6.05.